The molecule has 0 bridgehead atoms. The molecule has 0 amide bonds. The summed E-state index contributed by atoms with van der Waals surface area (Å²) in [4.78, 5) is 0. The van der Waals surface area contributed by atoms with E-state index in [4.69, 9.17) is 5.73 Å². The first-order valence-corrected chi connectivity index (χ1v) is 4.78. The molecule has 0 aliphatic heterocycles. The number of nitrogens with zero attached hydrogens (tertiary/aromatic N) is 2. The van der Waals surface area contributed by atoms with Crippen LogP contribution in [0.15, 0.2) is 30.5 Å². The Balaban J connectivity index is 2.49. The quantitative estimate of drug-likeness (QED) is 0.842. The Morgan fingerprint density at radius 1 is 1.25 bits per heavy atom. The third-order valence-corrected chi connectivity index (χ3v) is 2.49. The van der Waals surface area contributed by atoms with E-state index in [0.29, 0.717) is 5.69 Å². The van der Waals surface area contributed by atoms with Crippen molar-refractivity contribution in [2.24, 2.45) is 12.8 Å². The fourth-order valence-corrected chi connectivity index (χ4v) is 1.64. The number of nitrogens with two attached hydrogens (primary N) is 1. The molecule has 2 rings (SSSR count). The summed E-state index contributed by atoms with van der Waals surface area (Å²) in [5.74, 6) is -1.29. The Bertz CT molecular complexity index is 487. The Morgan fingerprint density at radius 2 is 1.88 bits per heavy atom. The zero-order chi connectivity index (χ0) is 11.7. The zero-order valence-electron chi connectivity index (χ0n) is 8.69. The molecule has 1 unspecified atom stereocenters. The second kappa shape index (κ2) is 4.02. The van der Waals surface area contributed by atoms with Gasteiger partial charge in [0.05, 0.1) is 11.7 Å². The van der Waals surface area contributed by atoms with E-state index >= 15 is 0 Å². The lowest BCUT2D eigenvalue weighted by molar-refractivity contribution is 0.533. The summed E-state index contributed by atoms with van der Waals surface area (Å²) in [5, 5.41) is 3.91. The van der Waals surface area contributed by atoms with E-state index < -0.39 is 17.7 Å². The lowest BCUT2D eigenvalue weighted by atomic mass is 10.0. The summed E-state index contributed by atoms with van der Waals surface area (Å²) >= 11 is 0. The molecular formula is C11H11F2N3. The number of benzene rings is 1. The minimum Gasteiger partial charge on any atom is -0.319 e. The highest BCUT2D eigenvalue weighted by atomic mass is 19.1. The van der Waals surface area contributed by atoms with Crippen molar-refractivity contribution in [3.05, 3.63) is 53.4 Å². The predicted octanol–water partition coefficient (Wildman–Crippen LogP) is 1.75. The van der Waals surface area contributed by atoms with E-state index in [1.54, 1.807) is 13.1 Å². The molecule has 1 heterocycles. The molecule has 5 heteroatoms. The molecule has 0 saturated carbocycles. The van der Waals surface area contributed by atoms with Gasteiger partial charge in [-0.25, -0.2) is 8.78 Å². The molecule has 1 atom stereocenters. The van der Waals surface area contributed by atoms with Crippen molar-refractivity contribution >= 4 is 0 Å². The van der Waals surface area contributed by atoms with Crippen molar-refractivity contribution in [2.45, 2.75) is 6.04 Å². The third kappa shape index (κ3) is 1.69. The Kier molecular flexibility index (Phi) is 2.70. The molecule has 3 nitrogen and oxygen atoms in total. The van der Waals surface area contributed by atoms with Crippen molar-refractivity contribution in [1.29, 1.82) is 0 Å². The average Bonchev–Trinajstić information content (AvgIpc) is 2.64. The summed E-state index contributed by atoms with van der Waals surface area (Å²) < 4.78 is 28.4. The van der Waals surface area contributed by atoms with E-state index in [0.717, 1.165) is 0 Å². The molecule has 1 aromatic carbocycles. The molecule has 0 radical (unpaired) electrons. The smallest absolute Gasteiger partial charge is 0.131 e. The molecule has 1 aromatic heterocycles. The Labute approximate surface area is 91.5 Å². The van der Waals surface area contributed by atoms with Gasteiger partial charge < -0.3 is 5.73 Å². The topological polar surface area (TPSA) is 43.8 Å². The summed E-state index contributed by atoms with van der Waals surface area (Å²) in [7, 11) is 1.67. The molecule has 16 heavy (non-hydrogen) atoms. The van der Waals surface area contributed by atoms with Crippen LogP contribution >= 0.6 is 0 Å². The largest absolute Gasteiger partial charge is 0.319 e. The Hall–Kier alpha value is -1.75. The highest BCUT2D eigenvalue weighted by Crippen LogP contribution is 2.24. The van der Waals surface area contributed by atoms with Crippen LogP contribution < -0.4 is 5.73 Å². The van der Waals surface area contributed by atoms with Gasteiger partial charge in [0.2, 0.25) is 0 Å². The van der Waals surface area contributed by atoms with Gasteiger partial charge in [-0.3, -0.25) is 4.68 Å². The van der Waals surface area contributed by atoms with Crippen LogP contribution in [0.3, 0.4) is 0 Å². The maximum Gasteiger partial charge on any atom is 0.131 e. The first kappa shape index (κ1) is 10.8. The van der Waals surface area contributed by atoms with Gasteiger partial charge in [0.25, 0.3) is 0 Å². The average molecular weight is 223 g/mol. The SMILES string of the molecule is Cn1nccc1C(N)c1c(F)cccc1F. The lowest BCUT2D eigenvalue weighted by Crippen LogP contribution is -2.18. The molecule has 0 spiro atoms. The van der Waals surface area contributed by atoms with Gasteiger partial charge in [0.15, 0.2) is 0 Å². The standard InChI is InChI=1S/C11H11F2N3/c1-16-9(5-6-15-16)11(14)10-7(12)3-2-4-8(10)13/h2-6,11H,14H2,1H3. The van der Waals surface area contributed by atoms with Gasteiger partial charge in [-0.2, -0.15) is 5.10 Å². The number of rotatable bonds is 2. The van der Waals surface area contributed by atoms with Crippen LogP contribution in [0.2, 0.25) is 0 Å². The Morgan fingerprint density at radius 3 is 2.38 bits per heavy atom. The molecule has 84 valence electrons. The van der Waals surface area contributed by atoms with E-state index in [9.17, 15) is 8.78 Å². The molecule has 0 aliphatic rings. The molecule has 2 N–H and O–H groups in total. The zero-order valence-corrected chi connectivity index (χ0v) is 8.69. The fraction of sp³-hybridized carbons (Fsp3) is 0.182. The highest BCUT2D eigenvalue weighted by molar-refractivity contribution is 5.29. The summed E-state index contributed by atoms with van der Waals surface area (Å²) in [5.41, 5.74) is 6.25. The molecule has 0 saturated heterocycles. The van der Waals surface area contributed by atoms with Gasteiger partial charge in [0, 0.05) is 18.8 Å². The second-order valence-electron chi connectivity index (χ2n) is 3.49. The number of aryl methyl sites for hydroxylation is 1. The van der Waals surface area contributed by atoms with Gasteiger partial charge in [-0.1, -0.05) is 6.07 Å². The van der Waals surface area contributed by atoms with Crippen LogP contribution in [0.25, 0.3) is 0 Å². The minimum atomic E-state index is -0.853. The maximum atomic E-state index is 13.5. The van der Waals surface area contributed by atoms with Crippen molar-refractivity contribution in [2.75, 3.05) is 0 Å². The van der Waals surface area contributed by atoms with Crippen molar-refractivity contribution < 1.29 is 8.78 Å². The van der Waals surface area contributed by atoms with Gasteiger partial charge in [-0.05, 0) is 18.2 Å². The first-order valence-electron chi connectivity index (χ1n) is 4.78. The lowest BCUT2D eigenvalue weighted by Gasteiger charge is -2.14. The molecule has 0 aliphatic carbocycles. The van der Waals surface area contributed by atoms with Crippen LogP contribution in [-0.4, -0.2) is 9.78 Å². The first-order chi connectivity index (χ1) is 7.61. The predicted molar refractivity (Wildman–Crippen MR) is 55.6 cm³/mol. The molecule has 0 fully saturated rings. The number of aromatic nitrogens is 2. The van der Waals surface area contributed by atoms with Crippen LogP contribution in [0.4, 0.5) is 8.78 Å². The molecule has 2 aromatic rings. The van der Waals surface area contributed by atoms with E-state index in [1.807, 2.05) is 0 Å². The summed E-state index contributed by atoms with van der Waals surface area (Å²) in [6, 6.07) is 4.47. The van der Waals surface area contributed by atoms with E-state index in [2.05, 4.69) is 5.10 Å². The minimum absolute atomic E-state index is 0.133. The summed E-state index contributed by atoms with van der Waals surface area (Å²) in [6.07, 6.45) is 1.54. The number of hydrogen-bond acceptors (Lipinski definition) is 2. The second-order valence-corrected chi connectivity index (χ2v) is 3.49. The normalized spacial score (nSPS) is 12.8. The number of hydrogen-bond donors (Lipinski definition) is 1. The van der Waals surface area contributed by atoms with Gasteiger partial charge in [0.1, 0.15) is 11.6 Å². The van der Waals surface area contributed by atoms with E-state index in [-0.39, 0.29) is 5.56 Å². The van der Waals surface area contributed by atoms with Crippen molar-refractivity contribution in [3.63, 3.8) is 0 Å². The van der Waals surface area contributed by atoms with E-state index in [1.165, 1.54) is 29.1 Å². The van der Waals surface area contributed by atoms with Crippen LogP contribution in [0.1, 0.15) is 17.3 Å². The fourth-order valence-electron chi connectivity index (χ4n) is 1.64. The van der Waals surface area contributed by atoms with Crippen LogP contribution in [0, 0.1) is 11.6 Å². The van der Waals surface area contributed by atoms with Crippen molar-refractivity contribution in [1.82, 2.24) is 9.78 Å². The van der Waals surface area contributed by atoms with Gasteiger partial charge in [-0.15, -0.1) is 0 Å². The van der Waals surface area contributed by atoms with Crippen LogP contribution in [0.5, 0.6) is 0 Å². The molecular weight excluding hydrogens is 212 g/mol. The van der Waals surface area contributed by atoms with Gasteiger partial charge >= 0.3 is 0 Å². The maximum absolute atomic E-state index is 13.5. The third-order valence-electron chi connectivity index (χ3n) is 2.49. The van der Waals surface area contributed by atoms with Crippen molar-refractivity contribution in [3.8, 4) is 0 Å². The number of halogens is 2. The highest BCUT2D eigenvalue weighted by Gasteiger charge is 2.20. The van der Waals surface area contributed by atoms with Crippen LogP contribution in [-0.2, 0) is 7.05 Å². The monoisotopic (exact) mass is 223 g/mol. The summed E-state index contributed by atoms with van der Waals surface area (Å²) in [6.45, 7) is 0.